The maximum Gasteiger partial charge on any atom is 0.255 e. The Kier molecular flexibility index (Phi) is 6.38. The molecule has 1 aromatic rings. The standard InChI is InChI=1S/C27H32ClN3O7/c1-30(2)21-15-8-11-7-14-18(16(32)9-12(20(14)28)10-31(3)13-5-4-6-13)22(33)17(11)24(35)27(15,38)25(36)19(23(21)34)26(29)37/h9,11,13,15,21,32,34-35,38H,4-8,10H2,1-3H3,(H2,29,37)/t11-,15-,21-,27-/m0/s1. The van der Waals surface area contributed by atoms with Crippen molar-refractivity contribution in [1.29, 1.82) is 0 Å². The van der Waals surface area contributed by atoms with E-state index in [2.05, 4.69) is 4.90 Å². The highest BCUT2D eigenvalue weighted by Crippen LogP contribution is 2.53. The van der Waals surface area contributed by atoms with Gasteiger partial charge in [0.05, 0.1) is 11.6 Å². The van der Waals surface area contributed by atoms with Gasteiger partial charge in [-0.1, -0.05) is 18.0 Å². The number of carbonyl (C=O) groups excluding carboxylic acids is 3. The molecule has 1 aromatic carbocycles. The number of primary amides is 1. The zero-order chi connectivity index (χ0) is 27.8. The Balaban J connectivity index is 1.62. The van der Waals surface area contributed by atoms with Gasteiger partial charge in [0.1, 0.15) is 22.8 Å². The van der Waals surface area contributed by atoms with Gasteiger partial charge in [0.15, 0.2) is 11.4 Å². The molecule has 0 spiro atoms. The minimum absolute atomic E-state index is 0.0229. The molecule has 11 heteroatoms. The number of benzene rings is 1. The van der Waals surface area contributed by atoms with E-state index in [0.717, 1.165) is 12.8 Å². The average molecular weight is 546 g/mol. The van der Waals surface area contributed by atoms with Gasteiger partial charge in [0.25, 0.3) is 5.91 Å². The monoisotopic (exact) mass is 545 g/mol. The Bertz CT molecular complexity index is 1330. The van der Waals surface area contributed by atoms with E-state index in [1.165, 1.54) is 17.4 Å². The molecule has 10 nitrogen and oxygen atoms in total. The second kappa shape index (κ2) is 9.08. The van der Waals surface area contributed by atoms with Crippen LogP contribution in [0.2, 0.25) is 5.02 Å². The summed E-state index contributed by atoms with van der Waals surface area (Å²) in [6.45, 7) is 0.491. The molecular weight excluding hydrogens is 514 g/mol. The van der Waals surface area contributed by atoms with Crippen molar-refractivity contribution in [2.45, 2.75) is 56.3 Å². The molecular formula is C27H32ClN3O7. The molecule has 4 atom stereocenters. The van der Waals surface area contributed by atoms with Crippen molar-refractivity contribution >= 4 is 29.1 Å². The van der Waals surface area contributed by atoms with Crippen LogP contribution in [-0.4, -0.2) is 86.5 Å². The first-order chi connectivity index (χ1) is 17.8. The van der Waals surface area contributed by atoms with Crippen molar-refractivity contribution in [1.82, 2.24) is 9.80 Å². The largest absolute Gasteiger partial charge is 0.510 e. The lowest BCUT2D eigenvalue weighted by molar-refractivity contribution is -0.148. The lowest BCUT2D eigenvalue weighted by Crippen LogP contribution is -2.63. The van der Waals surface area contributed by atoms with E-state index in [0.29, 0.717) is 28.7 Å². The van der Waals surface area contributed by atoms with Crippen LogP contribution in [0.5, 0.6) is 5.75 Å². The molecule has 4 aliphatic carbocycles. The predicted molar refractivity (Wildman–Crippen MR) is 138 cm³/mol. The van der Waals surface area contributed by atoms with Crippen LogP contribution in [0.1, 0.15) is 47.2 Å². The zero-order valence-corrected chi connectivity index (χ0v) is 22.2. The van der Waals surface area contributed by atoms with Crippen LogP contribution in [0, 0.1) is 11.8 Å². The summed E-state index contributed by atoms with van der Waals surface area (Å²) in [6, 6.07) is 0.852. The maximum absolute atomic E-state index is 13.7. The number of Topliss-reactive ketones (excluding diaryl/α,β-unsaturated/α-hetero) is 2. The lowest BCUT2D eigenvalue weighted by atomic mass is 9.58. The topological polar surface area (TPSA) is 165 Å². The molecule has 0 saturated heterocycles. The van der Waals surface area contributed by atoms with Gasteiger partial charge in [0.2, 0.25) is 5.78 Å². The summed E-state index contributed by atoms with van der Waals surface area (Å²) < 4.78 is 0. The van der Waals surface area contributed by atoms with Crippen LogP contribution in [0.25, 0.3) is 0 Å². The second-order valence-corrected chi connectivity index (χ2v) is 11.6. The van der Waals surface area contributed by atoms with E-state index >= 15 is 0 Å². The van der Waals surface area contributed by atoms with Gasteiger partial charge in [0, 0.05) is 29.1 Å². The summed E-state index contributed by atoms with van der Waals surface area (Å²) in [5, 5.41) is 45.1. The van der Waals surface area contributed by atoms with Gasteiger partial charge in [-0.3, -0.25) is 24.2 Å². The first-order valence-corrected chi connectivity index (χ1v) is 13.1. The van der Waals surface area contributed by atoms with Gasteiger partial charge >= 0.3 is 0 Å². The number of hydrogen-bond donors (Lipinski definition) is 5. The van der Waals surface area contributed by atoms with E-state index in [9.17, 15) is 34.8 Å². The molecule has 1 saturated carbocycles. The number of phenols is 1. The summed E-state index contributed by atoms with van der Waals surface area (Å²) in [5.41, 5.74) is 2.72. The Hall–Kier alpha value is -2.92. The number of aliphatic hydroxyl groups excluding tert-OH is 2. The summed E-state index contributed by atoms with van der Waals surface area (Å²) in [5.74, 6) is -6.77. The smallest absolute Gasteiger partial charge is 0.255 e. The van der Waals surface area contributed by atoms with Crippen molar-refractivity contribution in [3.63, 3.8) is 0 Å². The maximum atomic E-state index is 13.7. The number of phenolic OH excluding ortho intramolecular Hbond substituents is 1. The Morgan fingerprint density at radius 2 is 1.84 bits per heavy atom. The normalized spacial score (nSPS) is 29.4. The fourth-order valence-corrected chi connectivity index (χ4v) is 6.98. The molecule has 0 bridgehead atoms. The highest BCUT2D eigenvalue weighted by molar-refractivity contribution is 6.33. The first kappa shape index (κ1) is 26.7. The number of amides is 1. The van der Waals surface area contributed by atoms with Crippen LogP contribution in [0.3, 0.4) is 0 Å². The van der Waals surface area contributed by atoms with Crippen molar-refractivity contribution in [2.75, 3.05) is 21.1 Å². The SMILES string of the molecule is CN(Cc1cc(O)c2c(c1Cl)C[C@H]1C[C@H]3[C@H](N(C)C)C(O)=C(C(N)=O)C(=O)[C@@]3(O)C(O)=C1C2=O)C1CCC1. The molecule has 38 heavy (non-hydrogen) atoms. The van der Waals surface area contributed by atoms with Gasteiger partial charge in [-0.2, -0.15) is 0 Å². The fraction of sp³-hybridized carbons (Fsp3) is 0.519. The number of likely N-dealkylation sites (N-methyl/N-ethyl adjacent to an activating group) is 1. The van der Waals surface area contributed by atoms with Crippen molar-refractivity contribution in [2.24, 2.45) is 17.6 Å². The quantitative estimate of drug-likeness (QED) is 0.347. The van der Waals surface area contributed by atoms with E-state index in [1.807, 2.05) is 7.05 Å². The number of hydrogen-bond acceptors (Lipinski definition) is 9. The van der Waals surface area contributed by atoms with E-state index < -0.39 is 58.0 Å². The van der Waals surface area contributed by atoms with Crippen LogP contribution in [0.15, 0.2) is 28.7 Å². The summed E-state index contributed by atoms with van der Waals surface area (Å²) in [6.07, 6.45) is 3.54. The molecule has 0 radical (unpaired) electrons. The van der Waals surface area contributed by atoms with Crippen molar-refractivity contribution in [3.05, 3.63) is 50.4 Å². The average Bonchev–Trinajstić information content (AvgIpc) is 2.77. The summed E-state index contributed by atoms with van der Waals surface area (Å²) in [7, 11) is 5.17. The van der Waals surface area contributed by atoms with Crippen LogP contribution < -0.4 is 5.73 Å². The molecule has 0 unspecified atom stereocenters. The van der Waals surface area contributed by atoms with Gasteiger partial charge in [-0.15, -0.1) is 0 Å². The number of fused-ring (bicyclic) bond motifs is 3. The lowest BCUT2D eigenvalue weighted by Gasteiger charge is -2.50. The molecule has 1 fully saturated rings. The van der Waals surface area contributed by atoms with Crippen molar-refractivity contribution in [3.8, 4) is 5.75 Å². The number of aromatic hydroxyl groups is 1. The van der Waals surface area contributed by atoms with E-state index in [-0.39, 0.29) is 29.7 Å². The third kappa shape index (κ3) is 3.61. The van der Waals surface area contributed by atoms with Crippen molar-refractivity contribution < 1.29 is 34.8 Å². The summed E-state index contributed by atoms with van der Waals surface area (Å²) in [4.78, 5) is 42.8. The molecule has 204 valence electrons. The van der Waals surface area contributed by atoms with Crippen LogP contribution in [0.4, 0.5) is 0 Å². The van der Waals surface area contributed by atoms with Gasteiger partial charge in [-0.05, 0) is 69.9 Å². The third-order valence-corrected chi connectivity index (χ3v) is 9.32. The highest BCUT2D eigenvalue weighted by Gasteiger charge is 2.63. The Morgan fingerprint density at radius 1 is 1.18 bits per heavy atom. The number of nitrogens with zero attached hydrogens (tertiary/aromatic N) is 2. The molecule has 6 N–H and O–H groups in total. The molecule has 0 aliphatic heterocycles. The first-order valence-electron chi connectivity index (χ1n) is 12.7. The number of ketones is 2. The Labute approximate surface area is 225 Å². The number of rotatable bonds is 5. The van der Waals surface area contributed by atoms with Gasteiger partial charge in [-0.25, -0.2) is 0 Å². The summed E-state index contributed by atoms with van der Waals surface area (Å²) >= 11 is 6.81. The number of nitrogens with two attached hydrogens (primary N) is 1. The number of allylic oxidation sites excluding steroid dienone is 1. The fourth-order valence-electron chi connectivity index (χ4n) is 6.69. The minimum atomic E-state index is -2.66. The highest BCUT2D eigenvalue weighted by atomic mass is 35.5. The second-order valence-electron chi connectivity index (χ2n) is 11.2. The van der Waals surface area contributed by atoms with E-state index in [4.69, 9.17) is 17.3 Å². The van der Waals surface area contributed by atoms with Crippen LogP contribution in [-0.2, 0) is 22.6 Å². The van der Waals surface area contributed by atoms with Crippen LogP contribution >= 0.6 is 11.6 Å². The van der Waals surface area contributed by atoms with Gasteiger partial charge < -0.3 is 26.2 Å². The molecule has 4 aliphatic rings. The number of carbonyl (C=O) groups is 3. The molecule has 5 rings (SSSR count). The molecule has 0 aromatic heterocycles. The molecule has 0 heterocycles. The third-order valence-electron chi connectivity index (χ3n) is 8.85. The Morgan fingerprint density at radius 3 is 2.39 bits per heavy atom. The van der Waals surface area contributed by atoms with E-state index in [1.54, 1.807) is 14.1 Å². The minimum Gasteiger partial charge on any atom is -0.510 e. The number of halogens is 1. The zero-order valence-electron chi connectivity index (χ0n) is 21.5. The predicted octanol–water partition coefficient (Wildman–Crippen LogP) is 1.76. The number of aliphatic hydroxyl groups is 3. The molecule has 1 amide bonds.